The molecule has 1 aromatic heterocycles. The highest BCUT2D eigenvalue weighted by Gasteiger charge is 2.28. The number of nitrogens with zero attached hydrogens (tertiary/aromatic N) is 3. The number of aromatic nitrogens is 2. The van der Waals surface area contributed by atoms with E-state index in [9.17, 15) is 5.11 Å². The summed E-state index contributed by atoms with van der Waals surface area (Å²) in [5.41, 5.74) is 1.24. The van der Waals surface area contributed by atoms with Crippen LogP contribution in [0.1, 0.15) is 30.9 Å². The van der Waals surface area contributed by atoms with Crippen LogP contribution in [0.15, 0.2) is 36.7 Å². The van der Waals surface area contributed by atoms with Gasteiger partial charge in [0, 0.05) is 31.4 Å². The normalized spacial score (nSPS) is 21.9. The lowest BCUT2D eigenvalue weighted by atomic mass is 10.0. The first-order valence-corrected chi connectivity index (χ1v) is 9.09. The molecule has 6 nitrogen and oxygen atoms in total. The van der Waals surface area contributed by atoms with Gasteiger partial charge in [-0.25, -0.2) is 0 Å². The molecule has 1 fully saturated rings. The Bertz CT molecular complexity index is 689. The zero-order valence-electron chi connectivity index (χ0n) is 14.4. The van der Waals surface area contributed by atoms with Gasteiger partial charge in [-0.2, -0.15) is 5.10 Å². The Kier molecular flexibility index (Phi) is 4.90. The van der Waals surface area contributed by atoms with Crippen molar-refractivity contribution in [3.05, 3.63) is 42.2 Å². The maximum Gasteiger partial charge on any atom is 0.161 e. The van der Waals surface area contributed by atoms with Crippen molar-refractivity contribution >= 4 is 0 Å². The van der Waals surface area contributed by atoms with E-state index in [1.807, 2.05) is 18.3 Å². The molecule has 0 aliphatic carbocycles. The molecule has 3 heterocycles. The number of benzene rings is 1. The lowest BCUT2D eigenvalue weighted by molar-refractivity contribution is 0.0890. The molecule has 0 unspecified atom stereocenters. The van der Waals surface area contributed by atoms with Crippen molar-refractivity contribution in [1.29, 1.82) is 0 Å². The van der Waals surface area contributed by atoms with E-state index in [-0.39, 0.29) is 0 Å². The number of hydrogen-bond donors (Lipinski definition) is 1. The summed E-state index contributed by atoms with van der Waals surface area (Å²) in [7, 11) is 0. The second-order valence-corrected chi connectivity index (χ2v) is 6.79. The highest BCUT2D eigenvalue weighted by atomic mass is 16.5. The molecule has 2 atom stereocenters. The number of fused-ring (bicyclic) bond motifs is 1. The molecular formula is C19H25N3O3. The lowest BCUT2D eigenvalue weighted by Gasteiger charge is -2.27. The third-order valence-electron chi connectivity index (χ3n) is 4.92. The fourth-order valence-electron chi connectivity index (χ4n) is 3.76. The second kappa shape index (κ2) is 7.45. The van der Waals surface area contributed by atoms with E-state index >= 15 is 0 Å². The summed E-state index contributed by atoms with van der Waals surface area (Å²) in [6.07, 6.45) is 6.36. The predicted molar refractivity (Wildman–Crippen MR) is 93.8 cm³/mol. The molecule has 4 rings (SSSR count). The Morgan fingerprint density at radius 3 is 2.88 bits per heavy atom. The van der Waals surface area contributed by atoms with Crippen LogP contribution in [0.5, 0.6) is 11.5 Å². The van der Waals surface area contributed by atoms with E-state index in [1.54, 1.807) is 10.9 Å². The standard InChI is InChI=1S/C19H25N3O3/c23-16(14-22-9-2-7-20-22)13-21-8-1-4-17(21)15-5-6-18-19(12-15)25-11-3-10-24-18/h2,5-7,9,12,16-17,23H,1,3-4,8,10-11,13-14H2/t16-,17+/m0/s1. The van der Waals surface area contributed by atoms with Crippen molar-refractivity contribution in [2.75, 3.05) is 26.3 Å². The van der Waals surface area contributed by atoms with Crippen molar-refractivity contribution in [3.63, 3.8) is 0 Å². The summed E-state index contributed by atoms with van der Waals surface area (Å²) in [6.45, 7) is 3.60. The number of ether oxygens (including phenoxy) is 2. The molecule has 1 N–H and O–H groups in total. The lowest BCUT2D eigenvalue weighted by Crippen LogP contribution is -2.34. The van der Waals surface area contributed by atoms with Crippen LogP contribution in [-0.4, -0.2) is 52.2 Å². The van der Waals surface area contributed by atoms with E-state index in [4.69, 9.17) is 9.47 Å². The zero-order valence-corrected chi connectivity index (χ0v) is 14.4. The van der Waals surface area contributed by atoms with Crippen molar-refractivity contribution in [3.8, 4) is 11.5 Å². The van der Waals surface area contributed by atoms with Gasteiger partial charge in [0.1, 0.15) is 0 Å². The van der Waals surface area contributed by atoms with Gasteiger partial charge in [-0.1, -0.05) is 6.07 Å². The fraction of sp³-hybridized carbons (Fsp3) is 0.526. The van der Waals surface area contributed by atoms with Crippen LogP contribution in [0.2, 0.25) is 0 Å². The Morgan fingerprint density at radius 2 is 2.04 bits per heavy atom. The van der Waals surface area contributed by atoms with E-state index in [2.05, 4.69) is 22.1 Å². The first kappa shape index (κ1) is 16.4. The number of likely N-dealkylation sites (tertiary alicyclic amines) is 1. The molecule has 2 aliphatic rings. The van der Waals surface area contributed by atoms with Crippen molar-refractivity contribution in [2.45, 2.75) is 38.0 Å². The van der Waals surface area contributed by atoms with Gasteiger partial charge in [-0.05, 0) is 43.1 Å². The van der Waals surface area contributed by atoms with Crippen LogP contribution in [0.4, 0.5) is 0 Å². The quantitative estimate of drug-likeness (QED) is 0.902. The van der Waals surface area contributed by atoms with Gasteiger partial charge in [0.05, 0.1) is 25.9 Å². The molecule has 25 heavy (non-hydrogen) atoms. The minimum Gasteiger partial charge on any atom is -0.490 e. The van der Waals surface area contributed by atoms with Crippen LogP contribution >= 0.6 is 0 Å². The van der Waals surface area contributed by atoms with Gasteiger partial charge in [0.15, 0.2) is 11.5 Å². The maximum absolute atomic E-state index is 10.4. The minimum absolute atomic E-state index is 0.324. The molecule has 2 aromatic rings. The van der Waals surface area contributed by atoms with Gasteiger partial charge in [-0.15, -0.1) is 0 Å². The van der Waals surface area contributed by atoms with E-state index in [1.165, 1.54) is 5.56 Å². The molecule has 0 amide bonds. The molecular weight excluding hydrogens is 318 g/mol. The monoisotopic (exact) mass is 343 g/mol. The summed E-state index contributed by atoms with van der Waals surface area (Å²) < 4.78 is 13.3. The van der Waals surface area contributed by atoms with Crippen molar-refractivity contribution in [2.24, 2.45) is 0 Å². The maximum atomic E-state index is 10.4. The first-order chi connectivity index (χ1) is 12.3. The number of aliphatic hydroxyl groups excluding tert-OH is 1. The fourth-order valence-corrected chi connectivity index (χ4v) is 3.76. The van der Waals surface area contributed by atoms with Crippen molar-refractivity contribution < 1.29 is 14.6 Å². The van der Waals surface area contributed by atoms with E-state index in [0.29, 0.717) is 32.3 Å². The Labute approximate surface area is 148 Å². The van der Waals surface area contributed by atoms with E-state index < -0.39 is 6.10 Å². The summed E-state index contributed by atoms with van der Waals surface area (Å²) in [6, 6.07) is 8.47. The average molecular weight is 343 g/mol. The van der Waals surface area contributed by atoms with Crippen LogP contribution in [0.3, 0.4) is 0 Å². The Morgan fingerprint density at radius 1 is 1.16 bits per heavy atom. The van der Waals surface area contributed by atoms with Gasteiger partial charge in [-0.3, -0.25) is 9.58 Å². The van der Waals surface area contributed by atoms with Crippen LogP contribution in [0.25, 0.3) is 0 Å². The van der Waals surface area contributed by atoms with Crippen molar-refractivity contribution in [1.82, 2.24) is 14.7 Å². The largest absolute Gasteiger partial charge is 0.490 e. The van der Waals surface area contributed by atoms with Crippen LogP contribution < -0.4 is 9.47 Å². The zero-order chi connectivity index (χ0) is 17.1. The molecule has 0 saturated carbocycles. The van der Waals surface area contributed by atoms with Gasteiger partial charge >= 0.3 is 0 Å². The third kappa shape index (κ3) is 3.80. The smallest absolute Gasteiger partial charge is 0.161 e. The number of rotatable bonds is 5. The topological polar surface area (TPSA) is 59.8 Å². The molecule has 0 spiro atoms. The molecule has 6 heteroatoms. The third-order valence-corrected chi connectivity index (χ3v) is 4.92. The van der Waals surface area contributed by atoms with Gasteiger partial charge < -0.3 is 14.6 Å². The Hall–Kier alpha value is -2.05. The summed E-state index contributed by atoms with van der Waals surface area (Å²) in [5, 5.41) is 14.6. The summed E-state index contributed by atoms with van der Waals surface area (Å²) in [5.74, 6) is 1.68. The highest BCUT2D eigenvalue weighted by Crippen LogP contribution is 2.37. The molecule has 0 bridgehead atoms. The Balaban J connectivity index is 1.45. The average Bonchev–Trinajstić information content (AvgIpc) is 3.22. The molecule has 2 aliphatic heterocycles. The number of aliphatic hydroxyl groups is 1. The highest BCUT2D eigenvalue weighted by molar-refractivity contribution is 5.44. The summed E-state index contributed by atoms with van der Waals surface area (Å²) in [4.78, 5) is 2.37. The number of hydrogen-bond acceptors (Lipinski definition) is 5. The predicted octanol–water partition coefficient (Wildman–Crippen LogP) is 2.24. The summed E-state index contributed by atoms with van der Waals surface area (Å²) >= 11 is 0. The number of β-amino-alcohol motifs (C(OH)–C–C–N with tert-alkyl or cyclic N) is 1. The minimum atomic E-state index is -0.430. The molecule has 1 aromatic carbocycles. The van der Waals surface area contributed by atoms with Gasteiger partial charge in [0.25, 0.3) is 0 Å². The first-order valence-electron chi connectivity index (χ1n) is 9.09. The van der Waals surface area contributed by atoms with Crippen LogP contribution in [-0.2, 0) is 6.54 Å². The van der Waals surface area contributed by atoms with Crippen LogP contribution in [0, 0.1) is 0 Å². The molecule has 0 radical (unpaired) electrons. The molecule has 134 valence electrons. The van der Waals surface area contributed by atoms with E-state index in [0.717, 1.165) is 37.3 Å². The molecule has 1 saturated heterocycles. The SMILES string of the molecule is O[C@@H](CN1CCC[C@@H]1c1ccc2c(c1)OCCCO2)Cn1cccn1. The second-order valence-electron chi connectivity index (χ2n) is 6.79. The van der Waals surface area contributed by atoms with Gasteiger partial charge in [0.2, 0.25) is 0 Å².